The number of nitro groups is 1. The van der Waals surface area contributed by atoms with E-state index in [2.05, 4.69) is 4.98 Å². The molecule has 0 bridgehead atoms. The summed E-state index contributed by atoms with van der Waals surface area (Å²) in [6.45, 7) is 0. The predicted molar refractivity (Wildman–Crippen MR) is 124 cm³/mol. The number of hydrogen-bond donors (Lipinski definition) is 3. The second kappa shape index (κ2) is 8.57. The monoisotopic (exact) mass is 425 g/mol. The van der Waals surface area contributed by atoms with Crippen molar-refractivity contribution in [2.45, 2.75) is 0 Å². The topological polar surface area (TPSA) is 141 Å². The number of anilines is 1. The lowest BCUT2D eigenvalue weighted by atomic mass is 10.0. The van der Waals surface area contributed by atoms with Gasteiger partial charge in [-0.1, -0.05) is 30.3 Å². The van der Waals surface area contributed by atoms with Gasteiger partial charge < -0.3 is 16.2 Å². The number of rotatable bonds is 6. The maximum Gasteiger partial charge on any atom is 0.270 e. The van der Waals surface area contributed by atoms with Crippen molar-refractivity contribution in [1.82, 2.24) is 4.98 Å². The number of nitro benzene ring substituents is 1. The van der Waals surface area contributed by atoms with Gasteiger partial charge in [-0.15, -0.1) is 0 Å². The summed E-state index contributed by atoms with van der Waals surface area (Å²) in [7, 11) is 0. The first kappa shape index (κ1) is 20.5. The van der Waals surface area contributed by atoms with Gasteiger partial charge in [0.1, 0.15) is 17.3 Å². The summed E-state index contributed by atoms with van der Waals surface area (Å²) >= 11 is 0. The summed E-state index contributed by atoms with van der Waals surface area (Å²) in [5.74, 6) is 1.12. The van der Waals surface area contributed by atoms with E-state index >= 15 is 0 Å². The molecule has 0 amide bonds. The summed E-state index contributed by atoms with van der Waals surface area (Å²) < 4.78 is 5.82. The van der Waals surface area contributed by atoms with Gasteiger partial charge in [0.2, 0.25) is 0 Å². The molecule has 32 heavy (non-hydrogen) atoms. The van der Waals surface area contributed by atoms with Gasteiger partial charge in [0, 0.05) is 28.9 Å². The van der Waals surface area contributed by atoms with Crippen LogP contribution in [0.3, 0.4) is 0 Å². The van der Waals surface area contributed by atoms with Crippen molar-refractivity contribution in [3.8, 4) is 34.0 Å². The number of aromatic nitrogens is 1. The molecule has 0 spiro atoms. The van der Waals surface area contributed by atoms with Gasteiger partial charge in [-0.05, 0) is 42.5 Å². The maximum absolute atomic E-state index is 11.2. The van der Waals surface area contributed by atoms with Crippen molar-refractivity contribution in [3.05, 3.63) is 101 Å². The lowest BCUT2D eigenvalue weighted by Crippen LogP contribution is -2.16. The van der Waals surface area contributed by atoms with Crippen molar-refractivity contribution < 1.29 is 9.66 Å². The van der Waals surface area contributed by atoms with Gasteiger partial charge in [-0.2, -0.15) is 0 Å². The fourth-order valence-corrected chi connectivity index (χ4v) is 3.29. The Kier molecular flexibility index (Phi) is 5.50. The van der Waals surface area contributed by atoms with E-state index in [4.69, 9.17) is 21.6 Å². The number of benzene rings is 3. The molecule has 8 nitrogen and oxygen atoms in total. The standard InChI is InChI=1S/C24H19N5O3/c25-20-14-21(16-5-4-6-17(13-16)29(30)31)28-23(22(20)24(26)27)15-9-11-19(12-10-15)32-18-7-2-1-3-8-18/h1-14H,(H2,25,28)(H3,26,27). The van der Waals surface area contributed by atoms with Crippen molar-refractivity contribution in [2.24, 2.45) is 5.73 Å². The fraction of sp³-hybridized carbons (Fsp3) is 0. The molecular formula is C24H19N5O3. The summed E-state index contributed by atoms with van der Waals surface area (Å²) in [6.07, 6.45) is 0. The highest BCUT2D eigenvalue weighted by Gasteiger charge is 2.17. The van der Waals surface area contributed by atoms with Crippen LogP contribution < -0.4 is 16.2 Å². The average molecular weight is 425 g/mol. The Morgan fingerprint density at radius 3 is 2.25 bits per heavy atom. The molecular weight excluding hydrogens is 406 g/mol. The molecule has 0 radical (unpaired) electrons. The molecule has 0 fully saturated rings. The van der Waals surface area contributed by atoms with Crippen LogP contribution in [0.25, 0.3) is 22.5 Å². The van der Waals surface area contributed by atoms with Crippen molar-refractivity contribution >= 4 is 17.2 Å². The number of amidine groups is 1. The van der Waals surface area contributed by atoms with E-state index in [-0.39, 0.29) is 17.2 Å². The minimum absolute atomic E-state index is 0.0533. The third-order valence-corrected chi connectivity index (χ3v) is 4.78. The Labute approximate surface area is 183 Å². The highest BCUT2D eigenvalue weighted by Crippen LogP contribution is 2.33. The van der Waals surface area contributed by atoms with Gasteiger partial charge in [-0.25, -0.2) is 4.98 Å². The SMILES string of the molecule is N=C(N)c1c(N)cc(-c2cccc([N+](=O)[O-])c2)nc1-c1ccc(Oc2ccccc2)cc1. The third-order valence-electron chi connectivity index (χ3n) is 4.78. The van der Waals surface area contributed by atoms with Gasteiger partial charge in [0.25, 0.3) is 5.69 Å². The van der Waals surface area contributed by atoms with Crippen molar-refractivity contribution in [1.29, 1.82) is 5.41 Å². The molecule has 158 valence electrons. The van der Waals surface area contributed by atoms with E-state index in [0.717, 1.165) is 0 Å². The van der Waals surface area contributed by atoms with E-state index < -0.39 is 4.92 Å². The number of para-hydroxylation sites is 1. The van der Waals surface area contributed by atoms with E-state index in [1.807, 2.05) is 30.3 Å². The molecule has 8 heteroatoms. The molecule has 4 aromatic rings. The van der Waals surface area contributed by atoms with Gasteiger partial charge in [0.05, 0.1) is 21.9 Å². The molecule has 0 saturated heterocycles. The van der Waals surface area contributed by atoms with E-state index in [0.29, 0.717) is 39.6 Å². The normalized spacial score (nSPS) is 10.5. The van der Waals surface area contributed by atoms with Crippen LogP contribution in [0, 0.1) is 15.5 Å². The number of nitrogens with two attached hydrogens (primary N) is 2. The quantitative estimate of drug-likeness (QED) is 0.172. The highest BCUT2D eigenvalue weighted by molar-refractivity contribution is 6.05. The van der Waals surface area contributed by atoms with Gasteiger partial charge >= 0.3 is 0 Å². The Morgan fingerprint density at radius 2 is 1.59 bits per heavy atom. The Hall–Kier alpha value is -4.72. The van der Waals surface area contributed by atoms with Crippen molar-refractivity contribution in [2.75, 3.05) is 5.73 Å². The Balaban J connectivity index is 1.76. The number of nitrogen functional groups attached to an aromatic ring is 2. The Morgan fingerprint density at radius 1 is 0.906 bits per heavy atom. The van der Waals surface area contributed by atoms with Crippen LogP contribution in [-0.2, 0) is 0 Å². The second-order valence-corrected chi connectivity index (χ2v) is 6.98. The van der Waals surface area contributed by atoms with Crippen LogP contribution in [0.2, 0.25) is 0 Å². The molecule has 4 rings (SSSR count). The Bertz CT molecular complexity index is 1310. The van der Waals surface area contributed by atoms with Crippen LogP contribution in [0.15, 0.2) is 84.9 Å². The zero-order valence-electron chi connectivity index (χ0n) is 16.9. The molecule has 0 unspecified atom stereocenters. The van der Waals surface area contributed by atoms with E-state index in [1.165, 1.54) is 12.1 Å². The lowest BCUT2D eigenvalue weighted by Gasteiger charge is -2.14. The van der Waals surface area contributed by atoms with Crippen LogP contribution >= 0.6 is 0 Å². The largest absolute Gasteiger partial charge is 0.457 e. The molecule has 5 N–H and O–H groups in total. The number of nitrogens with zero attached hydrogens (tertiary/aromatic N) is 2. The third kappa shape index (κ3) is 4.24. The smallest absolute Gasteiger partial charge is 0.270 e. The molecule has 0 atom stereocenters. The zero-order chi connectivity index (χ0) is 22.7. The average Bonchev–Trinajstić information content (AvgIpc) is 2.79. The highest BCUT2D eigenvalue weighted by atomic mass is 16.6. The van der Waals surface area contributed by atoms with Crippen LogP contribution in [0.5, 0.6) is 11.5 Å². The lowest BCUT2D eigenvalue weighted by molar-refractivity contribution is -0.384. The summed E-state index contributed by atoms with van der Waals surface area (Å²) in [5.41, 5.74) is 14.6. The maximum atomic E-state index is 11.2. The van der Waals surface area contributed by atoms with Crippen LogP contribution in [-0.4, -0.2) is 15.7 Å². The molecule has 1 aromatic heterocycles. The summed E-state index contributed by atoms with van der Waals surface area (Å²) in [6, 6.07) is 24.2. The number of pyridine rings is 1. The number of nitrogens with one attached hydrogen (secondary N) is 1. The van der Waals surface area contributed by atoms with Crippen molar-refractivity contribution in [3.63, 3.8) is 0 Å². The minimum atomic E-state index is -0.469. The molecule has 0 aliphatic carbocycles. The van der Waals surface area contributed by atoms with Crippen LogP contribution in [0.1, 0.15) is 5.56 Å². The number of ether oxygens (including phenoxy) is 1. The molecule has 0 aliphatic rings. The van der Waals surface area contributed by atoms with Gasteiger partial charge in [0.15, 0.2) is 0 Å². The molecule has 3 aromatic carbocycles. The molecule has 0 saturated carbocycles. The fourth-order valence-electron chi connectivity index (χ4n) is 3.29. The first-order chi connectivity index (χ1) is 15.4. The second-order valence-electron chi connectivity index (χ2n) is 6.98. The molecule has 0 aliphatic heterocycles. The number of non-ortho nitro benzene ring substituents is 1. The minimum Gasteiger partial charge on any atom is -0.457 e. The molecule has 1 heterocycles. The van der Waals surface area contributed by atoms with Crippen LogP contribution in [0.4, 0.5) is 11.4 Å². The predicted octanol–water partition coefficient (Wildman–Crippen LogP) is 4.98. The summed E-state index contributed by atoms with van der Waals surface area (Å²) in [5, 5.41) is 19.1. The van der Waals surface area contributed by atoms with E-state index in [1.54, 1.807) is 42.5 Å². The number of hydrogen-bond acceptors (Lipinski definition) is 6. The van der Waals surface area contributed by atoms with Gasteiger partial charge in [-0.3, -0.25) is 15.5 Å². The zero-order valence-corrected chi connectivity index (χ0v) is 16.9. The summed E-state index contributed by atoms with van der Waals surface area (Å²) in [4.78, 5) is 15.3. The first-order valence-corrected chi connectivity index (χ1v) is 9.65. The first-order valence-electron chi connectivity index (χ1n) is 9.65. The van der Waals surface area contributed by atoms with E-state index in [9.17, 15) is 10.1 Å².